The van der Waals surface area contributed by atoms with Gasteiger partial charge in [0.05, 0.1) is 14.2 Å². The molecule has 0 saturated heterocycles. The minimum absolute atomic E-state index is 0.00204. The first-order chi connectivity index (χ1) is 18.8. The molecule has 0 aromatic heterocycles. The first kappa shape index (κ1) is 26.6. The molecule has 0 fully saturated rings. The Labute approximate surface area is 233 Å². The Morgan fingerprint density at radius 2 is 1.69 bits per heavy atom. The van der Waals surface area contributed by atoms with Crippen molar-refractivity contribution in [3.8, 4) is 11.5 Å². The molecule has 0 unspecified atom stereocenters. The largest absolute Gasteiger partial charge is 0.493 e. The predicted octanol–water partition coefficient (Wildman–Crippen LogP) is 6.67. The second-order valence-electron chi connectivity index (χ2n) is 9.96. The molecule has 6 nitrogen and oxygen atoms in total. The third-order valence-corrected chi connectivity index (χ3v) is 7.76. The molecule has 0 saturated carbocycles. The number of carbonyl (C=O) groups is 2. The number of rotatable bonds is 6. The fourth-order valence-corrected chi connectivity index (χ4v) is 5.80. The van der Waals surface area contributed by atoms with Gasteiger partial charge in [-0.25, -0.2) is 0 Å². The third kappa shape index (κ3) is 5.17. The maximum Gasteiger partial charge on any atom is 0.254 e. The highest BCUT2D eigenvalue weighted by Crippen LogP contribution is 2.46. The SMILES string of the molecule is COc1ccc([C@H]2CC(=O)C3=C(C2)NC(C)=C(C(=O)Nc2ccccc2C)[C@@H]3c2cccc(Cl)c2)cc1OC. The Morgan fingerprint density at radius 1 is 0.923 bits per heavy atom. The van der Waals surface area contributed by atoms with Crippen LogP contribution in [-0.2, 0) is 9.59 Å². The Bertz CT molecular complexity index is 1520. The Balaban J connectivity index is 1.55. The average molecular weight is 543 g/mol. The van der Waals surface area contributed by atoms with Crippen LogP contribution in [0.5, 0.6) is 11.5 Å². The number of anilines is 1. The number of ether oxygens (including phenoxy) is 2. The maximum absolute atomic E-state index is 13.9. The van der Waals surface area contributed by atoms with E-state index in [4.69, 9.17) is 21.1 Å². The van der Waals surface area contributed by atoms with Crippen molar-refractivity contribution in [2.24, 2.45) is 0 Å². The molecule has 200 valence electrons. The molecule has 1 aliphatic carbocycles. The molecule has 7 heteroatoms. The molecule has 3 aromatic carbocycles. The zero-order valence-electron chi connectivity index (χ0n) is 22.4. The fraction of sp³-hybridized carbons (Fsp3) is 0.250. The summed E-state index contributed by atoms with van der Waals surface area (Å²) >= 11 is 6.39. The Hall–Kier alpha value is -4.03. The summed E-state index contributed by atoms with van der Waals surface area (Å²) in [6.07, 6.45) is 0.941. The van der Waals surface area contributed by atoms with E-state index >= 15 is 0 Å². The van der Waals surface area contributed by atoms with Crippen LogP contribution in [0.2, 0.25) is 5.02 Å². The van der Waals surface area contributed by atoms with E-state index in [9.17, 15) is 9.59 Å². The number of carbonyl (C=O) groups excluding carboxylic acids is 2. The maximum atomic E-state index is 13.9. The van der Waals surface area contributed by atoms with Gasteiger partial charge < -0.3 is 20.1 Å². The van der Waals surface area contributed by atoms with Gasteiger partial charge in [-0.15, -0.1) is 0 Å². The molecular weight excluding hydrogens is 512 g/mol. The Morgan fingerprint density at radius 3 is 2.41 bits per heavy atom. The number of dihydropyridines is 1. The highest BCUT2D eigenvalue weighted by Gasteiger charge is 2.41. The quantitative estimate of drug-likeness (QED) is 0.364. The van der Waals surface area contributed by atoms with E-state index in [-0.39, 0.29) is 17.6 Å². The number of hydrogen-bond acceptors (Lipinski definition) is 5. The highest BCUT2D eigenvalue weighted by atomic mass is 35.5. The van der Waals surface area contributed by atoms with Crippen LogP contribution in [0.1, 0.15) is 48.3 Å². The second kappa shape index (κ2) is 11.0. The summed E-state index contributed by atoms with van der Waals surface area (Å²) in [5.74, 6) is 0.439. The minimum Gasteiger partial charge on any atom is -0.493 e. The van der Waals surface area contributed by atoms with Gasteiger partial charge in [-0.1, -0.05) is 48.0 Å². The van der Waals surface area contributed by atoms with Crippen molar-refractivity contribution in [3.63, 3.8) is 0 Å². The topological polar surface area (TPSA) is 76.7 Å². The number of ketones is 1. The molecule has 0 radical (unpaired) electrons. The van der Waals surface area contributed by atoms with Gasteiger partial charge in [0, 0.05) is 45.6 Å². The molecule has 2 atom stereocenters. The lowest BCUT2D eigenvalue weighted by atomic mass is 9.71. The van der Waals surface area contributed by atoms with Gasteiger partial charge in [-0.3, -0.25) is 9.59 Å². The van der Waals surface area contributed by atoms with E-state index in [0.717, 1.165) is 28.1 Å². The summed E-state index contributed by atoms with van der Waals surface area (Å²) in [7, 11) is 3.20. The molecule has 0 bridgehead atoms. The normalized spacial score (nSPS) is 18.8. The van der Waals surface area contributed by atoms with E-state index in [0.29, 0.717) is 46.2 Å². The van der Waals surface area contributed by atoms with E-state index in [1.165, 1.54) is 0 Å². The van der Waals surface area contributed by atoms with Gasteiger partial charge in [0.2, 0.25) is 0 Å². The summed E-state index contributed by atoms with van der Waals surface area (Å²) in [4.78, 5) is 27.7. The first-order valence-corrected chi connectivity index (χ1v) is 13.3. The second-order valence-corrected chi connectivity index (χ2v) is 10.4. The van der Waals surface area contributed by atoms with Crippen LogP contribution in [0.15, 0.2) is 89.3 Å². The summed E-state index contributed by atoms with van der Waals surface area (Å²) in [6.45, 7) is 3.84. The zero-order chi connectivity index (χ0) is 27.7. The number of para-hydroxylation sites is 1. The van der Waals surface area contributed by atoms with Crippen molar-refractivity contribution in [2.45, 2.75) is 38.5 Å². The van der Waals surface area contributed by atoms with Crippen molar-refractivity contribution in [1.82, 2.24) is 5.32 Å². The van der Waals surface area contributed by atoms with Gasteiger partial charge in [-0.2, -0.15) is 0 Å². The van der Waals surface area contributed by atoms with Crippen LogP contribution in [0.25, 0.3) is 0 Å². The van der Waals surface area contributed by atoms with Crippen molar-refractivity contribution in [2.75, 3.05) is 19.5 Å². The van der Waals surface area contributed by atoms with E-state index in [2.05, 4.69) is 10.6 Å². The summed E-state index contributed by atoms with van der Waals surface area (Å²) in [5, 5.41) is 7.05. The van der Waals surface area contributed by atoms with Crippen LogP contribution in [0.4, 0.5) is 5.69 Å². The molecule has 2 aliphatic rings. The number of allylic oxidation sites excluding steroid dienone is 3. The molecule has 1 amide bonds. The van der Waals surface area contributed by atoms with Crippen molar-refractivity contribution < 1.29 is 19.1 Å². The number of halogens is 1. The Kier molecular flexibility index (Phi) is 7.49. The standard InChI is InChI=1S/C32H31ClN2O4/c1-18-8-5-6-11-24(18)35-32(37)29-19(2)34-25-15-22(20-12-13-27(38-3)28(17-20)39-4)16-26(36)31(25)30(29)21-9-7-10-23(33)14-21/h5-14,17,22,30,34H,15-16H2,1-4H3,(H,35,37)/t22-,30+/m1/s1. The zero-order valence-corrected chi connectivity index (χ0v) is 23.2. The van der Waals surface area contributed by atoms with Gasteiger partial charge in [0.1, 0.15) is 0 Å². The van der Waals surface area contributed by atoms with Gasteiger partial charge in [0.25, 0.3) is 5.91 Å². The number of amides is 1. The first-order valence-electron chi connectivity index (χ1n) is 12.9. The lowest BCUT2D eigenvalue weighted by Gasteiger charge is -2.37. The molecule has 39 heavy (non-hydrogen) atoms. The van der Waals surface area contributed by atoms with Crippen molar-refractivity contribution >= 4 is 29.0 Å². The predicted molar refractivity (Wildman–Crippen MR) is 153 cm³/mol. The van der Waals surface area contributed by atoms with Crippen LogP contribution in [0, 0.1) is 6.92 Å². The van der Waals surface area contributed by atoms with Gasteiger partial charge >= 0.3 is 0 Å². The van der Waals surface area contributed by atoms with Crippen LogP contribution in [-0.4, -0.2) is 25.9 Å². The van der Waals surface area contributed by atoms with Crippen molar-refractivity contribution in [3.05, 3.63) is 111 Å². The van der Waals surface area contributed by atoms with E-state index < -0.39 is 5.92 Å². The van der Waals surface area contributed by atoms with Crippen LogP contribution < -0.4 is 20.1 Å². The monoisotopic (exact) mass is 542 g/mol. The number of methoxy groups -OCH3 is 2. The number of Topliss-reactive ketones (excluding diaryl/α,β-unsaturated/α-hetero) is 1. The molecule has 3 aromatic rings. The molecule has 1 aliphatic heterocycles. The molecular formula is C32H31ClN2O4. The van der Waals surface area contributed by atoms with E-state index in [1.54, 1.807) is 20.3 Å². The molecule has 2 N–H and O–H groups in total. The van der Waals surface area contributed by atoms with E-state index in [1.807, 2.05) is 74.5 Å². The molecule has 5 rings (SSSR count). The number of aryl methyl sites for hydroxylation is 1. The summed E-state index contributed by atoms with van der Waals surface area (Å²) in [6, 6.07) is 20.8. The third-order valence-electron chi connectivity index (χ3n) is 7.53. The lowest BCUT2D eigenvalue weighted by Crippen LogP contribution is -2.37. The van der Waals surface area contributed by atoms with Gasteiger partial charge in [0.15, 0.2) is 17.3 Å². The summed E-state index contributed by atoms with van der Waals surface area (Å²) in [5.41, 5.74) is 6.18. The molecule has 1 heterocycles. The number of nitrogens with one attached hydrogen (secondary N) is 2. The average Bonchev–Trinajstić information content (AvgIpc) is 2.92. The van der Waals surface area contributed by atoms with Crippen molar-refractivity contribution in [1.29, 1.82) is 0 Å². The fourth-order valence-electron chi connectivity index (χ4n) is 5.60. The highest BCUT2D eigenvalue weighted by molar-refractivity contribution is 6.30. The molecule has 0 spiro atoms. The smallest absolute Gasteiger partial charge is 0.254 e. The summed E-state index contributed by atoms with van der Waals surface area (Å²) < 4.78 is 10.9. The minimum atomic E-state index is -0.539. The number of benzene rings is 3. The van der Waals surface area contributed by atoms with Crippen LogP contribution in [0.3, 0.4) is 0 Å². The number of hydrogen-bond donors (Lipinski definition) is 2. The van der Waals surface area contributed by atoms with Crippen LogP contribution >= 0.6 is 11.6 Å². The lowest BCUT2D eigenvalue weighted by molar-refractivity contribution is -0.116. The van der Waals surface area contributed by atoms with Gasteiger partial charge in [-0.05, 0) is 73.2 Å².